The molecule has 110 valence electrons. The Morgan fingerprint density at radius 1 is 1.30 bits per heavy atom. The monoisotopic (exact) mass is 297 g/mol. The van der Waals surface area contributed by atoms with Crippen LogP contribution in [0.1, 0.15) is 37.6 Å². The summed E-state index contributed by atoms with van der Waals surface area (Å²) >= 11 is 5.95. The van der Waals surface area contributed by atoms with E-state index < -0.39 is 5.97 Å². The number of carboxylic acids is 1. The second kappa shape index (κ2) is 6.75. The highest BCUT2D eigenvalue weighted by Gasteiger charge is 2.27. The fourth-order valence-electron chi connectivity index (χ4n) is 1.85. The lowest BCUT2D eigenvalue weighted by molar-refractivity contribution is -0.139. The number of aliphatic carboxylic acids is 1. The molecule has 0 aliphatic carbocycles. The lowest BCUT2D eigenvalue weighted by Gasteiger charge is -2.29. The number of amides is 1. The molecule has 0 heterocycles. The van der Waals surface area contributed by atoms with Gasteiger partial charge in [0.25, 0.3) is 5.91 Å². The third-order valence-corrected chi connectivity index (χ3v) is 3.60. The molecule has 1 rings (SSSR count). The summed E-state index contributed by atoms with van der Waals surface area (Å²) in [5.41, 5.74) is 0.198. The van der Waals surface area contributed by atoms with Crippen LogP contribution in [0.2, 0.25) is 5.02 Å². The zero-order valence-corrected chi connectivity index (χ0v) is 12.7. The average molecular weight is 298 g/mol. The Labute approximate surface area is 124 Å². The molecule has 0 spiro atoms. The summed E-state index contributed by atoms with van der Waals surface area (Å²) in [7, 11) is 0. The number of carboxylic acid groups (broad SMARTS) is 1. The van der Waals surface area contributed by atoms with Crippen molar-refractivity contribution in [2.24, 2.45) is 11.3 Å². The SMILES string of the molecule is CC(C)(C)C(CNC(=O)c1ccccc1Cl)CC(=O)O. The van der Waals surface area contributed by atoms with E-state index in [1.807, 2.05) is 20.8 Å². The van der Waals surface area contributed by atoms with Crippen molar-refractivity contribution in [3.05, 3.63) is 34.9 Å². The molecule has 0 saturated carbocycles. The van der Waals surface area contributed by atoms with Crippen LogP contribution in [0.5, 0.6) is 0 Å². The normalized spacial score (nSPS) is 12.8. The lowest BCUT2D eigenvalue weighted by atomic mass is 9.78. The van der Waals surface area contributed by atoms with E-state index >= 15 is 0 Å². The molecule has 2 N–H and O–H groups in total. The van der Waals surface area contributed by atoms with Gasteiger partial charge in [-0.3, -0.25) is 9.59 Å². The smallest absolute Gasteiger partial charge is 0.303 e. The molecule has 1 aromatic rings. The van der Waals surface area contributed by atoms with Crippen molar-refractivity contribution in [1.82, 2.24) is 5.32 Å². The summed E-state index contributed by atoms with van der Waals surface area (Å²) in [6.07, 6.45) is 0.0201. The standard InChI is InChI=1S/C15H20ClNO3/c1-15(2,3)10(8-13(18)19)9-17-14(20)11-6-4-5-7-12(11)16/h4-7,10H,8-9H2,1-3H3,(H,17,20)(H,18,19). The molecule has 0 aliphatic heterocycles. The van der Waals surface area contributed by atoms with E-state index in [-0.39, 0.29) is 23.7 Å². The lowest BCUT2D eigenvalue weighted by Crippen LogP contribution is -2.36. The Balaban J connectivity index is 2.71. The van der Waals surface area contributed by atoms with Crippen LogP contribution in [0.3, 0.4) is 0 Å². The van der Waals surface area contributed by atoms with E-state index in [4.69, 9.17) is 16.7 Å². The Hall–Kier alpha value is -1.55. The van der Waals surface area contributed by atoms with Gasteiger partial charge in [0.15, 0.2) is 0 Å². The summed E-state index contributed by atoms with van der Waals surface area (Å²) < 4.78 is 0. The van der Waals surface area contributed by atoms with Crippen LogP contribution >= 0.6 is 11.6 Å². The van der Waals surface area contributed by atoms with Gasteiger partial charge in [-0.2, -0.15) is 0 Å². The Morgan fingerprint density at radius 3 is 2.40 bits per heavy atom. The van der Waals surface area contributed by atoms with E-state index in [0.29, 0.717) is 17.1 Å². The minimum Gasteiger partial charge on any atom is -0.481 e. The van der Waals surface area contributed by atoms with Gasteiger partial charge in [0.1, 0.15) is 0 Å². The van der Waals surface area contributed by atoms with E-state index in [1.54, 1.807) is 24.3 Å². The summed E-state index contributed by atoms with van der Waals surface area (Å²) in [4.78, 5) is 22.9. The zero-order valence-electron chi connectivity index (χ0n) is 11.9. The van der Waals surface area contributed by atoms with Crippen molar-refractivity contribution >= 4 is 23.5 Å². The van der Waals surface area contributed by atoms with Gasteiger partial charge in [-0.05, 0) is 23.5 Å². The number of hydrogen-bond acceptors (Lipinski definition) is 2. The summed E-state index contributed by atoms with van der Waals surface area (Å²) in [6.45, 7) is 6.19. The van der Waals surface area contributed by atoms with Gasteiger partial charge in [-0.25, -0.2) is 0 Å². The van der Waals surface area contributed by atoms with Crippen molar-refractivity contribution in [2.75, 3.05) is 6.54 Å². The number of rotatable bonds is 5. The van der Waals surface area contributed by atoms with Crippen molar-refractivity contribution < 1.29 is 14.7 Å². The molecule has 1 unspecified atom stereocenters. The predicted octanol–water partition coefficient (Wildman–Crippen LogP) is 3.21. The van der Waals surface area contributed by atoms with Gasteiger partial charge < -0.3 is 10.4 Å². The topological polar surface area (TPSA) is 66.4 Å². The molecule has 0 aliphatic rings. The van der Waals surface area contributed by atoms with Gasteiger partial charge in [-0.15, -0.1) is 0 Å². The van der Waals surface area contributed by atoms with Crippen LogP contribution in [0.15, 0.2) is 24.3 Å². The van der Waals surface area contributed by atoms with Gasteiger partial charge >= 0.3 is 5.97 Å². The van der Waals surface area contributed by atoms with E-state index in [2.05, 4.69) is 5.32 Å². The summed E-state index contributed by atoms with van der Waals surface area (Å²) in [5.74, 6) is -1.29. The Kier molecular flexibility index (Phi) is 5.57. The molecule has 20 heavy (non-hydrogen) atoms. The van der Waals surface area contributed by atoms with Crippen LogP contribution in [0.25, 0.3) is 0 Å². The average Bonchev–Trinajstić information content (AvgIpc) is 2.33. The molecule has 1 atom stereocenters. The number of nitrogens with one attached hydrogen (secondary N) is 1. The number of hydrogen-bond donors (Lipinski definition) is 2. The zero-order chi connectivity index (χ0) is 15.3. The highest BCUT2D eigenvalue weighted by molar-refractivity contribution is 6.33. The first kappa shape index (κ1) is 16.5. The molecule has 1 amide bonds. The molecule has 0 radical (unpaired) electrons. The second-order valence-electron chi connectivity index (χ2n) is 5.85. The van der Waals surface area contributed by atoms with Crippen LogP contribution < -0.4 is 5.32 Å². The molecule has 0 bridgehead atoms. The van der Waals surface area contributed by atoms with Gasteiger partial charge in [-0.1, -0.05) is 44.5 Å². The Morgan fingerprint density at radius 2 is 1.90 bits per heavy atom. The molecular weight excluding hydrogens is 278 g/mol. The largest absolute Gasteiger partial charge is 0.481 e. The van der Waals surface area contributed by atoms with Crippen LogP contribution in [0.4, 0.5) is 0 Å². The molecule has 1 aromatic carbocycles. The van der Waals surface area contributed by atoms with Crippen molar-refractivity contribution in [1.29, 1.82) is 0 Å². The maximum absolute atomic E-state index is 12.0. The van der Waals surface area contributed by atoms with E-state index in [9.17, 15) is 9.59 Å². The third-order valence-electron chi connectivity index (χ3n) is 3.27. The van der Waals surface area contributed by atoms with Gasteiger partial charge in [0.05, 0.1) is 17.0 Å². The summed E-state index contributed by atoms with van der Waals surface area (Å²) in [6, 6.07) is 6.77. The maximum Gasteiger partial charge on any atom is 0.303 e. The Bertz CT molecular complexity index is 494. The fourth-order valence-corrected chi connectivity index (χ4v) is 2.07. The van der Waals surface area contributed by atoms with Crippen molar-refractivity contribution in [3.63, 3.8) is 0 Å². The maximum atomic E-state index is 12.0. The minimum absolute atomic E-state index is 0.0201. The molecule has 0 fully saturated rings. The fraction of sp³-hybridized carbons (Fsp3) is 0.467. The van der Waals surface area contributed by atoms with Crippen LogP contribution in [-0.2, 0) is 4.79 Å². The van der Waals surface area contributed by atoms with Gasteiger partial charge in [0.2, 0.25) is 0 Å². The van der Waals surface area contributed by atoms with Crippen LogP contribution in [0, 0.1) is 11.3 Å². The first-order valence-corrected chi connectivity index (χ1v) is 6.84. The van der Waals surface area contributed by atoms with Crippen molar-refractivity contribution in [2.45, 2.75) is 27.2 Å². The molecule has 5 heteroatoms. The minimum atomic E-state index is -0.864. The summed E-state index contributed by atoms with van der Waals surface area (Å²) in [5, 5.41) is 12.1. The first-order valence-electron chi connectivity index (χ1n) is 6.46. The van der Waals surface area contributed by atoms with E-state index in [1.165, 1.54) is 0 Å². The van der Waals surface area contributed by atoms with E-state index in [0.717, 1.165) is 0 Å². The van der Waals surface area contributed by atoms with Crippen molar-refractivity contribution in [3.8, 4) is 0 Å². The highest BCUT2D eigenvalue weighted by Crippen LogP contribution is 2.28. The second-order valence-corrected chi connectivity index (χ2v) is 6.26. The predicted molar refractivity (Wildman–Crippen MR) is 79.0 cm³/mol. The molecule has 0 saturated heterocycles. The number of benzene rings is 1. The quantitative estimate of drug-likeness (QED) is 0.877. The number of carbonyl (C=O) groups excluding carboxylic acids is 1. The highest BCUT2D eigenvalue weighted by atomic mass is 35.5. The molecule has 0 aromatic heterocycles. The number of carbonyl (C=O) groups is 2. The van der Waals surface area contributed by atoms with Gasteiger partial charge in [0, 0.05) is 6.54 Å². The molecular formula is C15H20ClNO3. The van der Waals surface area contributed by atoms with Crippen LogP contribution in [-0.4, -0.2) is 23.5 Å². The third kappa shape index (κ3) is 4.85. The first-order chi connectivity index (χ1) is 9.21. The molecule has 4 nitrogen and oxygen atoms in total. The number of halogens is 1.